The number of likely N-dealkylation sites (tertiary alicyclic amines) is 1. The number of β-amino-alcohol motifs (C(OH)–C–C–N with tert-alkyl or cyclic N) is 1. The van der Waals surface area contributed by atoms with Gasteiger partial charge in [0.2, 0.25) is 0 Å². The van der Waals surface area contributed by atoms with Gasteiger partial charge in [-0.05, 0) is 6.92 Å². The van der Waals surface area contributed by atoms with E-state index in [1.807, 2.05) is 0 Å². The molecule has 10 heteroatoms. The molecule has 0 amide bonds. The number of nitrogens with zero attached hydrogens (tertiary/aromatic N) is 1. The van der Waals surface area contributed by atoms with E-state index in [-0.39, 0.29) is 13.1 Å². The zero-order valence-electron chi connectivity index (χ0n) is 12.7. The minimum absolute atomic E-state index is 0.114. The molecule has 2 saturated heterocycles. The normalized spacial score (nSPS) is 52.6. The zero-order chi connectivity index (χ0) is 17.5. The van der Waals surface area contributed by atoms with Gasteiger partial charge in [0.25, 0.3) is 0 Å². The zero-order valence-corrected chi connectivity index (χ0v) is 12.7. The van der Waals surface area contributed by atoms with Crippen LogP contribution in [0.3, 0.4) is 0 Å². The highest BCUT2D eigenvalue weighted by molar-refractivity contribution is 4.99. The first-order valence-electron chi connectivity index (χ1n) is 7.43. The van der Waals surface area contributed by atoms with E-state index in [0.717, 1.165) is 6.92 Å². The molecular weight excluding hydrogens is 314 g/mol. The summed E-state index contributed by atoms with van der Waals surface area (Å²) in [6, 6.07) is -0.918. The molecule has 0 spiro atoms. The van der Waals surface area contributed by atoms with Gasteiger partial charge in [-0.2, -0.15) is 0 Å². The Hall–Kier alpha value is -0.400. The molecular formula is C13H25NO9. The van der Waals surface area contributed by atoms with Crippen molar-refractivity contribution >= 4 is 0 Å². The molecule has 0 aromatic carbocycles. The Labute approximate surface area is 132 Å². The van der Waals surface area contributed by atoms with Crippen molar-refractivity contribution in [3.05, 3.63) is 0 Å². The van der Waals surface area contributed by atoms with Gasteiger partial charge in [0.15, 0.2) is 5.79 Å². The Balaban J connectivity index is 2.13. The number of rotatable bonds is 3. The lowest BCUT2D eigenvalue weighted by Crippen LogP contribution is -2.68. The van der Waals surface area contributed by atoms with Crippen molar-refractivity contribution in [2.75, 3.05) is 19.7 Å². The van der Waals surface area contributed by atoms with Crippen LogP contribution in [0.4, 0.5) is 0 Å². The van der Waals surface area contributed by atoms with Crippen molar-refractivity contribution in [2.45, 2.75) is 61.5 Å². The van der Waals surface area contributed by atoms with Gasteiger partial charge in [-0.15, -0.1) is 0 Å². The summed E-state index contributed by atoms with van der Waals surface area (Å²) in [6.45, 7) is 0.340. The van der Waals surface area contributed by atoms with Crippen LogP contribution in [-0.4, -0.2) is 120 Å². The molecule has 2 heterocycles. The molecule has 136 valence electrons. The van der Waals surface area contributed by atoms with Gasteiger partial charge in [0.1, 0.15) is 36.6 Å². The second-order valence-corrected chi connectivity index (χ2v) is 6.39. The first-order chi connectivity index (χ1) is 10.6. The maximum atomic E-state index is 10.0. The van der Waals surface area contributed by atoms with Gasteiger partial charge in [0.05, 0.1) is 18.8 Å². The molecule has 0 aromatic heterocycles. The Morgan fingerprint density at radius 2 is 1.61 bits per heavy atom. The van der Waals surface area contributed by atoms with E-state index in [0.29, 0.717) is 0 Å². The summed E-state index contributed by atoms with van der Waals surface area (Å²) in [6.07, 6.45) is -10.1. The summed E-state index contributed by atoms with van der Waals surface area (Å²) < 4.78 is 5.21. The van der Waals surface area contributed by atoms with Gasteiger partial charge in [-0.1, -0.05) is 0 Å². The number of hydrogen-bond donors (Lipinski definition) is 8. The van der Waals surface area contributed by atoms with E-state index < -0.39 is 61.2 Å². The van der Waals surface area contributed by atoms with E-state index in [2.05, 4.69) is 0 Å². The summed E-state index contributed by atoms with van der Waals surface area (Å²) >= 11 is 0. The smallest absolute Gasteiger partial charge is 0.192 e. The minimum atomic E-state index is -2.09. The second-order valence-electron chi connectivity index (χ2n) is 6.39. The van der Waals surface area contributed by atoms with Crippen LogP contribution < -0.4 is 0 Å². The molecule has 23 heavy (non-hydrogen) atoms. The lowest BCUT2D eigenvalue weighted by molar-refractivity contribution is -0.340. The van der Waals surface area contributed by atoms with Gasteiger partial charge >= 0.3 is 0 Å². The summed E-state index contributed by atoms with van der Waals surface area (Å²) in [4.78, 5) is 1.39. The lowest BCUT2D eigenvalue weighted by Gasteiger charge is -2.48. The van der Waals surface area contributed by atoms with Crippen LogP contribution in [0.15, 0.2) is 0 Å². The molecule has 0 radical (unpaired) electrons. The average Bonchev–Trinajstić information content (AvgIpc) is 2.48. The maximum absolute atomic E-state index is 10.0. The molecule has 0 bridgehead atoms. The molecule has 9 atom stereocenters. The summed E-state index contributed by atoms with van der Waals surface area (Å²) in [5, 5.41) is 78.1. The fourth-order valence-electron chi connectivity index (χ4n) is 3.13. The highest BCUT2D eigenvalue weighted by Gasteiger charge is 2.51. The molecule has 2 fully saturated rings. The number of aliphatic hydroxyl groups excluding tert-OH is 7. The first kappa shape index (κ1) is 18.9. The van der Waals surface area contributed by atoms with Gasteiger partial charge in [-0.3, -0.25) is 4.90 Å². The summed E-state index contributed by atoms with van der Waals surface area (Å²) in [5.41, 5.74) is 0. The third-order valence-electron chi connectivity index (χ3n) is 4.62. The van der Waals surface area contributed by atoms with E-state index in [9.17, 15) is 40.9 Å². The van der Waals surface area contributed by atoms with E-state index in [1.165, 1.54) is 4.90 Å². The topological polar surface area (TPSA) is 174 Å². The van der Waals surface area contributed by atoms with Crippen LogP contribution in [0.5, 0.6) is 0 Å². The van der Waals surface area contributed by atoms with Crippen molar-refractivity contribution in [3.8, 4) is 0 Å². The average molecular weight is 339 g/mol. The van der Waals surface area contributed by atoms with Crippen molar-refractivity contribution in [1.29, 1.82) is 0 Å². The standard InChI is InChI=1S/C13H25NO9/c1-13(22)12(21)11(20)10(19)7(23-13)3-14-2-6(16)9(18)8(17)5(14)4-15/h5-12,15-22H,2-4H2,1H3/t5-,6+,7-,8-,9-,10-,11+,12-,13+/m1/s1. The van der Waals surface area contributed by atoms with Crippen molar-refractivity contribution in [1.82, 2.24) is 4.90 Å². The predicted molar refractivity (Wildman–Crippen MR) is 74.0 cm³/mol. The quantitative estimate of drug-likeness (QED) is 0.248. The number of ether oxygens (including phenoxy) is 1. The monoisotopic (exact) mass is 339 g/mol. The van der Waals surface area contributed by atoms with Gasteiger partial charge < -0.3 is 45.6 Å². The van der Waals surface area contributed by atoms with Crippen LogP contribution in [0.1, 0.15) is 6.92 Å². The third-order valence-corrected chi connectivity index (χ3v) is 4.62. The molecule has 0 aromatic rings. The SMILES string of the molecule is C[C@]1(O)O[C@H](CN2C[C@H](O)[C@@H](O)[C@H](O)[C@H]2CO)[C@@H](O)[C@H](O)[C@H]1O. The highest BCUT2D eigenvalue weighted by atomic mass is 16.7. The van der Waals surface area contributed by atoms with Crippen LogP contribution in [-0.2, 0) is 4.74 Å². The second kappa shape index (κ2) is 6.84. The first-order valence-corrected chi connectivity index (χ1v) is 7.43. The van der Waals surface area contributed by atoms with Crippen LogP contribution >= 0.6 is 0 Å². The van der Waals surface area contributed by atoms with Gasteiger partial charge in [-0.25, -0.2) is 0 Å². The van der Waals surface area contributed by atoms with Crippen molar-refractivity contribution < 1.29 is 45.6 Å². The molecule has 2 rings (SSSR count). The van der Waals surface area contributed by atoms with E-state index in [1.54, 1.807) is 0 Å². The fourth-order valence-corrected chi connectivity index (χ4v) is 3.13. The highest BCUT2D eigenvalue weighted by Crippen LogP contribution is 2.29. The summed E-state index contributed by atoms with van der Waals surface area (Å²) in [7, 11) is 0. The third kappa shape index (κ3) is 3.51. The van der Waals surface area contributed by atoms with Crippen LogP contribution in [0.25, 0.3) is 0 Å². The van der Waals surface area contributed by atoms with Crippen LogP contribution in [0.2, 0.25) is 0 Å². The van der Waals surface area contributed by atoms with Crippen molar-refractivity contribution in [3.63, 3.8) is 0 Å². The minimum Gasteiger partial charge on any atom is -0.395 e. The molecule has 2 aliphatic heterocycles. The number of piperidine rings is 1. The van der Waals surface area contributed by atoms with E-state index >= 15 is 0 Å². The maximum Gasteiger partial charge on any atom is 0.192 e. The Bertz CT molecular complexity index is 409. The molecule has 0 unspecified atom stereocenters. The summed E-state index contributed by atoms with van der Waals surface area (Å²) in [5.74, 6) is -2.09. The molecule has 10 nitrogen and oxygen atoms in total. The largest absolute Gasteiger partial charge is 0.395 e. The molecule has 0 aliphatic carbocycles. The van der Waals surface area contributed by atoms with Gasteiger partial charge in [0, 0.05) is 13.1 Å². The Kier molecular flexibility index (Phi) is 5.63. The van der Waals surface area contributed by atoms with E-state index in [4.69, 9.17) is 4.74 Å². The lowest BCUT2D eigenvalue weighted by atomic mass is 9.90. The molecule has 0 saturated carbocycles. The van der Waals surface area contributed by atoms with Crippen molar-refractivity contribution in [2.24, 2.45) is 0 Å². The Morgan fingerprint density at radius 1 is 1.00 bits per heavy atom. The molecule has 2 aliphatic rings. The van der Waals surface area contributed by atoms with Crippen LogP contribution in [0, 0.1) is 0 Å². The number of hydrogen-bond acceptors (Lipinski definition) is 10. The molecule has 8 N–H and O–H groups in total. The predicted octanol–water partition coefficient (Wildman–Crippen LogP) is -5.06. The Morgan fingerprint density at radius 3 is 2.17 bits per heavy atom. The number of aliphatic hydroxyl groups is 8. The fraction of sp³-hybridized carbons (Fsp3) is 1.00.